The first-order valence-corrected chi connectivity index (χ1v) is 12.1. The molecule has 202 valence electrons. The molecular weight excluding hydrogens is 504 g/mol. The molecule has 3 aromatic rings. The molecule has 9 nitrogen and oxygen atoms in total. The van der Waals surface area contributed by atoms with Gasteiger partial charge in [-0.25, -0.2) is 24.3 Å². The lowest BCUT2D eigenvalue weighted by Crippen LogP contribution is -2.51. The molecular formula is C25H28F4N8O. The Labute approximate surface area is 217 Å². The van der Waals surface area contributed by atoms with E-state index >= 15 is 0 Å². The second kappa shape index (κ2) is 11.7. The molecule has 0 bridgehead atoms. The molecule has 1 fully saturated rings. The van der Waals surface area contributed by atoms with Crippen molar-refractivity contribution < 1.29 is 22.4 Å². The first-order valence-electron chi connectivity index (χ1n) is 12.1. The SMILES string of the molecule is CC(C)N1CCN(C(=O)c2cnc(NCc3ccc(CNc4ncc(F)cn4)cc3)nc2C(F)(F)F)CC1. The van der Waals surface area contributed by atoms with Crippen LogP contribution >= 0.6 is 0 Å². The third-order valence-corrected chi connectivity index (χ3v) is 6.16. The molecule has 0 saturated carbocycles. The van der Waals surface area contributed by atoms with Gasteiger partial charge in [0.2, 0.25) is 11.9 Å². The first kappa shape index (κ1) is 27.2. The molecule has 2 N–H and O–H groups in total. The summed E-state index contributed by atoms with van der Waals surface area (Å²) in [5.41, 5.74) is -0.125. The van der Waals surface area contributed by atoms with Gasteiger partial charge in [-0.1, -0.05) is 24.3 Å². The van der Waals surface area contributed by atoms with Crippen molar-refractivity contribution in [1.82, 2.24) is 29.7 Å². The molecule has 1 aliphatic rings. The van der Waals surface area contributed by atoms with Crippen molar-refractivity contribution in [2.45, 2.75) is 39.2 Å². The number of nitrogens with zero attached hydrogens (tertiary/aromatic N) is 6. The van der Waals surface area contributed by atoms with Crippen LogP contribution in [-0.4, -0.2) is 67.9 Å². The highest BCUT2D eigenvalue weighted by atomic mass is 19.4. The highest BCUT2D eigenvalue weighted by Gasteiger charge is 2.39. The zero-order chi connectivity index (χ0) is 27.3. The van der Waals surface area contributed by atoms with Crippen LogP contribution in [0.1, 0.15) is 41.0 Å². The van der Waals surface area contributed by atoms with Crippen molar-refractivity contribution in [3.05, 3.63) is 71.1 Å². The quantitative estimate of drug-likeness (QED) is 0.423. The smallest absolute Gasteiger partial charge is 0.350 e. The molecule has 13 heteroatoms. The van der Waals surface area contributed by atoms with E-state index in [9.17, 15) is 22.4 Å². The maximum absolute atomic E-state index is 13.8. The Hall–Kier alpha value is -3.87. The van der Waals surface area contributed by atoms with Crippen LogP contribution in [-0.2, 0) is 19.3 Å². The topological polar surface area (TPSA) is 99.2 Å². The van der Waals surface area contributed by atoms with Gasteiger partial charge in [-0.05, 0) is 25.0 Å². The number of aromatic nitrogens is 4. The van der Waals surface area contributed by atoms with Crippen LogP contribution in [0.4, 0.5) is 29.5 Å². The van der Waals surface area contributed by atoms with E-state index in [2.05, 4.69) is 35.5 Å². The number of hydrogen-bond acceptors (Lipinski definition) is 8. The molecule has 3 heterocycles. The Morgan fingerprint density at radius 3 is 1.95 bits per heavy atom. The third kappa shape index (κ3) is 6.91. The van der Waals surface area contributed by atoms with E-state index in [4.69, 9.17) is 0 Å². The van der Waals surface area contributed by atoms with E-state index in [1.54, 1.807) is 12.1 Å². The minimum absolute atomic E-state index is 0.177. The summed E-state index contributed by atoms with van der Waals surface area (Å²) in [4.78, 5) is 31.8. The minimum Gasteiger partial charge on any atom is -0.350 e. The maximum Gasteiger partial charge on any atom is 0.434 e. The van der Waals surface area contributed by atoms with E-state index < -0.39 is 29.2 Å². The average molecular weight is 533 g/mol. The normalized spacial score (nSPS) is 14.6. The molecule has 0 unspecified atom stereocenters. The highest BCUT2D eigenvalue weighted by molar-refractivity contribution is 5.95. The van der Waals surface area contributed by atoms with Crippen LogP contribution in [0, 0.1) is 5.82 Å². The fraction of sp³-hybridized carbons (Fsp3) is 0.400. The molecule has 0 atom stereocenters. The molecule has 0 aliphatic carbocycles. The zero-order valence-corrected chi connectivity index (χ0v) is 21.0. The van der Waals surface area contributed by atoms with Gasteiger partial charge in [0.25, 0.3) is 5.91 Å². The summed E-state index contributed by atoms with van der Waals surface area (Å²) in [5, 5.41) is 5.76. The zero-order valence-electron chi connectivity index (χ0n) is 21.0. The Kier molecular flexibility index (Phi) is 8.35. The number of amides is 1. The van der Waals surface area contributed by atoms with Gasteiger partial charge in [0, 0.05) is 51.5 Å². The fourth-order valence-corrected chi connectivity index (χ4v) is 3.99. The average Bonchev–Trinajstić information content (AvgIpc) is 2.91. The van der Waals surface area contributed by atoms with Gasteiger partial charge < -0.3 is 15.5 Å². The van der Waals surface area contributed by atoms with Crippen LogP contribution in [0.2, 0.25) is 0 Å². The lowest BCUT2D eigenvalue weighted by Gasteiger charge is -2.37. The van der Waals surface area contributed by atoms with Crippen molar-refractivity contribution in [3.8, 4) is 0 Å². The van der Waals surface area contributed by atoms with Crippen LogP contribution in [0.5, 0.6) is 0 Å². The molecule has 1 aliphatic heterocycles. The number of nitrogens with one attached hydrogen (secondary N) is 2. The van der Waals surface area contributed by atoms with E-state index in [0.717, 1.165) is 29.7 Å². The molecule has 4 rings (SSSR count). The van der Waals surface area contributed by atoms with E-state index in [0.29, 0.717) is 38.8 Å². The molecule has 2 aromatic heterocycles. The number of hydrogen-bond donors (Lipinski definition) is 2. The summed E-state index contributed by atoms with van der Waals surface area (Å²) in [6.45, 7) is 6.54. The van der Waals surface area contributed by atoms with Crippen molar-refractivity contribution >= 4 is 17.8 Å². The van der Waals surface area contributed by atoms with Gasteiger partial charge in [-0.3, -0.25) is 9.69 Å². The summed E-state index contributed by atoms with van der Waals surface area (Å²) >= 11 is 0. The van der Waals surface area contributed by atoms with Gasteiger partial charge in [0.1, 0.15) is 0 Å². The molecule has 1 aromatic carbocycles. The lowest BCUT2D eigenvalue weighted by atomic mass is 10.1. The fourth-order valence-electron chi connectivity index (χ4n) is 3.99. The highest BCUT2D eigenvalue weighted by Crippen LogP contribution is 2.31. The predicted octanol–water partition coefficient (Wildman–Crippen LogP) is 3.81. The maximum atomic E-state index is 13.8. The largest absolute Gasteiger partial charge is 0.434 e. The summed E-state index contributed by atoms with van der Waals surface area (Å²) in [5.74, 6) is -1.19. The number of carbonyl (C=O) groups is 1. The monoisotopic (exact) mass is 532 g/mol. The number of carbonyl (C=O) groups excluding carboxylic acids is 1. The number of halogens is 4. The van der Waals surface area contributed by atoms with Crippen molar-refractivity contribution in [1.29, 1.82) is 0 Å². The van der Waals surface area contributed by atoms with Crippen LogP contribution in [0.25, 0.3) is 0 Å². The second-order valence-electron chi connectivity index (χ2n) is 9.12. The Morgan fingerprint density at radius 1 is 0.895 bits per heavy atom. The van der Waals surface area contributed by atoms with Crippen molar-refractivity contribution in [2.75, 3.05) is 36.8 Å². The predicted molar refractivity (Wildman–Crippen MR) is 133 cm³/mol. The van der Waals surface area contributed by atoms with Gasteiger partial charge in [-0.15, -0.1) is 0 Å². The molecule has 1 amide bonds. The Morgan fingerprint density at radius 2 is 1.42 bits per heavy atom. The summed E-state index contributed by atoms with van der Waals surface area (Å²) < 4.78 is 54.3. The Balaban J connectivity index is 1.37. The first-order chi connectivity index (χ1) is 18.1. The second-order valence-corrected chi connectivity index (χ2v) is 9.12. The van der Waals surface area contributed by atoms with Gasteiger partial charge >= 0.3 is 6.18 Å². The van der Waals surface area contributed by atoms with Crippen LogP contribution in [0.15, 0.2) is 42.9 Å². The number of rotatable bonds is 8. The summed E-state index contributed by atoms with van der Waals surface area (Å²) in [6, 6.07) is 7.56. The van der Waals surface area contributed by atoms with E-state index in [1.165, 1.54) is 4.90 Å². The van der Waals surface area contributed by atoms with E-state index in [1.807, 2.05) is 26.0 Å². The lowest BCUT2D eigenvalue weighted by molar-refractivity contribution is -0.141. The van der Waals surface area contributed by atoms with Crippen LogP contribution in [0.3, 0.4) is 0 Å². The number of alkyl halides is 3. The minimum atomic E-state index is -4.81. The molecule has 0 spiro atoms. The molecule has 38 heavy (non-hydrogen) atoms. The van der Waals surface area contributed by atoms with Gasteiger partial charge in [0.15, 0.2) is 11.5 Å². The van der Waals surface area contributed by atoms with Gasteiger partial charge in [-0.2, -0.15) is 13.2 Å². The summed E-state index contributed by atoms with van der Waals surface area (Å²) in [6.07, 6.45) is -1.74. The Bertz CT molecular complexity index is 1230. The van der Waals surface area contributed by atoms with Crippen molar-refractivity contribution in [2.24, 2.45) is 0 Å². The third-order valence-electron chi connectivity index (χ3n) is 6.16. The number of piperazine rings is 1. The molecule has 1 saturated heterocycles. The van der Waals surface area contributed by atoms with Crippen LogP contribution < -0.4 is 10.6 Å². The standard InChI is InChI=1S/C25H28F4N8O/c1-16(2)36-7-9-37(10-8-36)22(38)20-15-34-24(35-21(20)25(27,28)29)31-12-18-5-3-17(4-6-18)11-30-23-32-13-19(26)14-33-23/h3-6,13-16H,7-12H2,1-2H3,(H,30,32,33)(H,31,34,35). The number of benzene rings is 1. The molecule has 0 radical (unpaired) electrons. The van der Waals surface area contributed by atoms with Gasteiger partial charge in [0.05, 0.1) is 18.0 Å². The van der Waals surface area contributed by atoms with Crippen molar-refractivity contribution in [3.63, 3.8) is 0 Å². The number of anilines is 2. The van der Waals surface area contributed by atoms with E-state index in [-0.39, 0.29) is 18.4 Å². The summed E-state index contributed by atoms with van der Waals surface area (Å²) in [7, 11) is 0.